The summed E-state index contributed by atoms with van der Waals surface area (Å²) in [6, 6.07) is 6.12. The lowest BCUT2D eigenvalue weighted by molar-refractivity contribution is 0.835. The average molecular weight is 326 g/mol. The van der Waals surface area contributed by atoms with Crippen LogP contribution < -0.4 is 10.6 Å². The largest absolute Gasteiger partial charge is 0.382 e. The van der Waals surface area contributed by atoms with Crippen LogP contribution in [-0.4, -0.2) is 44.5 Å². The van der Waals surface area contributed by atoms with E-state index >= 15 is 0 Å². The molecule has 0 unspecified atom stereocenters. The number of aromatic nitrogens is 4. The van der Waals surface area contributed by atoms with E-state index in [1.165, 1.54) is 5.56 Å². The third-order valence-electron chi connectivity index (χ3n) is 3.98. The van der Waals surface area contributed by atoms with Crippen LogP contribution in [0.25, 0.3) is 22.6 Å². The van der Waals surface area contributed by atoms with Gasteiger partial charge in [0.15, 0.2) is 17.3 Å². The van der Waals surface area contributed by atoms with Crippen LogP contribution in [0.15, 0.2) is 24.4 Å². The first-order valence-electron chi connectivity index (χ1n) is 7.63. The molecule has 2 aromatic heterocycles. The van der Waals surface area contributed by atoms with Gasteiger partial charge < -0.3 is 15.6 Å². The van der Waals surface area contributed by atoms with Gasteiger partial charge in [-0.05, 0) is 24.6 Å². The number of imidazole rings is 1. The Morgan fingerprint density at radius 3 is 2.87 bits per heavy atom. The molecule has 0 radical (unpaired) electrons. The number of H-pyrrole nitrogens is 1. The van der Waals surface area contributed by atoms with Crippen LogP contribution in [0.1, 0.15) is 5.56 Å². The van der Waals surface area contributed by atoms with Crippen LogP contribution in [0.4, 0.5) is 11.6 Å². The fraction of sp³-hybridized carbons (Fsp3) is 0.312. The van der Waals surface area contributed by atoms with Crippen molar-refractivity contribution >= 4 is 34.4 Å². The molecule has 1 aliphatic heterocycles. The summed E-state index contributed by atoms with van der Waals surface area (Å²) in [6.45, 7) is 4.03. The van der Waals surface area contributed by atoms with E-state index in [0.717, 1.165) is 41.4 Å². The molecule has 4 rings (SSSR count). The van der Waals surface area contributed by atoms with Crippen LogP contribution in [0.5, 0.6) is 0 Å². The molecule has 1 aliphatic rings. The van der Waals surface area contributed by atoms with Gasteiger partial charge >= 0.3 is 0 Å². The highest BCUT2D eigenvalue weighted by atomic mass is 32.2. The Balaban J connectivity index is 1.76. The Labute approximate surface area is 138 Å². The number of hydrogen-bond donors (Lipinski definition) is 2. The number of aryl methyl sites for hydroxylation is 1. The van der Waals surface area contributed by atoms with Crippen LogP contribution >= 0.6 is 11.8 Å². The molecule has 118 valence electrons. The molecule has 3 N–H and O–H groups in total. The monoisotopic (exact) mass is 326 g/mol. The SMILES string of the molecule is Cc1ccc2nc(-c3nc(N4CCSCC4)cnc3N)[nH]c2c1. The number of nitrogens with zero attached hydrogens (tertiary/aromatic N) is 4. The molecule has 6 nitrogen and oxygen atoms in total. The Bertz CT molecular complexity index is 853. The number of thioether (sulfide) groups is 1. The number of hydrogen-bond acceptors (Lipinski definition) is 6. The Kier molecular flexibility index (Phi) is 3.57. The molecule has 0 aliphatic carbocycles. The van der Waals surface area contributed by atoms with E-state index in [2.05, 4.69) is 32.8 Å². The maximum Gasteiger partial charge on any atom is 0.161 e. The van der Waals surface area contributed by atoms with E-state index < -0.39 is 0 Å². The minimum atomic E-state index is 0.399. The Morgan fingerprint density at radius 2 is 2.04 bits per heavy atom. The molecular formula is C16H18N6S. The number of nitrogens with one attached hydrogen (secondary N) is 1. The Hall–Kier alpha value is -2.28. The molecule has 0 spiro atoms. The number of aromatic amines is 1. The zero-order valence-corrected chi connectivity index (χ0v) is 13.7. The summed E-state index contributed by atoms with van der Waals surface area (Å²) in [7, 11) is 0. The van der Waals surface area contributed by atoms with Gasteiger partial charge in [-0.25, -0.2) is 15.0 Å². The van der Waals surface area contributed by atoms with Crippen molar-refractivity contribution in [2.24, 2.45) is 0 Å². The van der Waals surface area contributed by atoms with Crippen molar-refractivity contribution in [3.05, 3.63) is 30.0 Å². The van der Waals surface area contributed by atoms with Gasteiger partial charge in [-0.15, -0.1) is 0 Å². The van der Waals surface area contributed by atoms with Gasteiger partial charge in [-0.3, -0.25) is 0 Å². The number of fused-ring (bicyclic) bond motifs is 1. The highest BCUT2D eigenvalue weighted by molar-refractivity contribution is 7.99. The third kappa shape index (κ3) is 2.72. The summed E-state index contributed by atoms with van der Waals surface area (Å²) in [5.41, 5.74) is 9.75. The second-order valence-corrected chi connectivity index (χ2v) is 6.89. The van der Waals surface area contributed by atoms with Gasteiger partial charge in [0.25, 0.3) is 0 Å². The number of nitrogen functional groups attached to an aromatic ring is 1. The number of rotatable bonds is 2. The van der Waals surface area contributed by atoms with E-state index in [4.69, 9.17) is 10.7 Å². The average Bonchev–Trinajstić information content (AvgIpc) is 2.99. The molecule has 0 bridgehead atoms. The number of nitrogens with two attached hydrogens (primary N) is 1. The Morgan fingerprint density at radius 1 is 1.22 bits per heavy atom. The highest BCUT2D eigenvalue weighted by Crippen LogP contribution is 2.26. The molecule has 1 saturated heterocycles. The normalized spacial score (nSPS) is 15.3. The first kappa shape index (κ1) is 14.3. The van der Waals surface area contributed by atoms with Crippen molar-refractivity contribution in [3.8, 4) is 11.5 Å². The molecule has 3 heterocycles. The summed E-state index contributed by atoms with van der Waals surface area (Å²) >= 11 is 1.97. The standard InChI is InChI=1S/C16H18N6S/c1-10-2-3-11-12(8-10)20-16(19-11)14-15(17)18-9-13(21-14)22-4-6-23-7-5-22/h2-3,8-9H,4-7H2,1H3,(H2,17,18)(H,19,20). The minimum Gasteiger partial charge on any atom is -0.382 e. The van der Waals surface area contributed by atoms with Gasteiger partial charge in [-0.2, -0.15) is 11.8 Å². The quantitative estimate of drug-likeness (QED) is 0.752. The lowest BCUT2D eigenvalue weighted by atomic mass is 10.2. The lowest BCUT2D eigenvalue weighted by Gasteiger charge is -2.27. The van der Waals surface area contributed by atoms with E-state index in [1.54, 1.807) is 6.20 Å². The molecular weight excluding hydrogens is 308 g/mol. The van der Waals surface area contributed by atoms with Crippen molar-refractivity contribution in [2.75, 3.05) is 35.2 Å². The molecule has 0 saturated carbocycles. The second kappa shape index (κ2) is 5.73. The van der Waals surface area contributed by atoms with Crippen molar-refractivity contribution in [1.29, 1.82) is 0 Å². The molecule has 7 heteroatoms. The third-order valence-corrected chi connectivity index (χ3v) is 4.93. The molecule has 23 heavy (non-hydrogen) atoms. The fourth-order valence-electron chi connectivity index (χ4n) is 2.74. The first-order valence-corrected chi connectivity index (χ1v) is 8.78. The van der Waals surface area contributed by atoms with Crippen molar-refractivity contribution in [1.82, 2.24) is 19.9 Å². The lowest BCUT2D eigenvalue weighted by Crippen LogP contribution is -2.33. The maximum atomic E-state index is 6.05. The molecule has 0 atom stereocenters. The zero-order valence-electron chi connectivity index (χ0n) is 12.9. The minimum absolute atomic E-state index is 0.399. The number of benzene rings is 1. The molecule has 3 aromatic rings. The van der Waals surface area contributed by atoms with E-state index in [1.807, 2.05) is 23.9 Å². The predicted molar refractivity (Wildman–Crippen MR) is 95.8 cm³/mol. The molecule has 0 amide bonds. The van der Waals surface area contributed by atoms with E-state index in [-0.39, 0.29) is 0 Å². The first-order chi connectivity index (χ1) is 11.2. The van der Waals surface area contributed by atoms with Gasteiger partial charge in [0, 0.05) is 24.6 Å². The smallest absolute Gasteiger partial charge is 0.161 e. The van der Waals surface area contributed by atoms with Crippen LogP contribution in [0.2, 0.25) is 0 Å². The van der Waals surface area contributed by atoms with Gasteiger partial charge in [0.2, 0.25) is 0 Å². The summed E-state index contributed by atoms with van der Waals surface area (Å²) in [5, 5.41) is 0. The second-order valence-electron chi connectivity index (χ2n) is 5.67. The van der Waals surface area contributed by atoms with Crippen molar-refractivity contribution in [3.63, 3.8) is 0 Å². The van der Waals surface area contributed by atoms with E-state index in [9.17, 15) is 0 Å². The number of anilines is 2. The van der Waals surface area contributed by atoms with Crippen molar-refractivity contribution < 1.29 is 0 Å². The van der Waals surface area contributed by atoms with Crippen LogP contribution in [0, 0.1) is 6.92 Å². The summed E-state index contributed by atoms with van der Waals surface area (Å²) in [5.74, 6) is 4.17. The summed E-state index contributed by atoms with van der Waals surface area (Å²) in [6.07, 6.45) is 1.75. The van der Waals surface area contributed by atoms with E-state index in [0.29, 0.717) is 17.3 Å². The van der Waals surface area contributed by atoms with Crippen LogP contribution in [0.3, 0.4) is 0 Å². The molecule has 1 aromatic carbocycles. The fourth-order valence-corrected chi connectivity index (χ4v) is 3.65. The van der Waals surface area contributed by atoms with Gasteiger partial charge in [-0.1, -0.05) is 6.07 Å². The zero-order chi connectivity index (χ0) is 15.8. The topological polar surface area (TPSA) is 83.7 Å². The van der Waals surface area contributed by atoms with Gasteiger partial charge in [0.05, 0.1) is 17.2 Å². The summed E-state index contributed by atoms with van der Waals surface area (Å²) < 4.78 is 0. The molecule has 1 fully saturated rings. The maximum absolute atomic E-state index is 6.05. The van der Waals surface area contributed by atoms with Crippen molar-refractivity contribution in [2.45, 2.75) is 6.92 Å². The summed E-state index contributed by atoms with van der Waals surface area (Å²) in [4.78, 5) is 19.2. The predicted octanol–water partition coefficient (Wildman–Crippen LogP) is 2.46. The highest BCUT2D eigenvalue weighted by Gasteiger charge is 2.17. The van der Waals surface area contributed by atoms with Gasteiger partial charge in [0.1, 0.15) is 5.82 Å². The van der Waals surface area contributed by atoms with Crippen LogP contribution in [-0.2, 0) is 0 Å².